The molecule has 2 heterocycles. The van der Waals surface area contributed by atoms with E-state index in [0.29, 0.717) is 34.6 Å². The van der Waals surface area contributed by atoms with Crippen LogP contribution in [0.25, 0.3) is 21.8 Å². The van der Waals surface area contributed by atoms with Gasteiger partial charge in [-0.25, -0.2) is 9.59 Å². The molecule has 4 rings (SSSR count). The van der Waals surface area contributed by atoms with E-state index in [1.165, 1.54) is 12.1 Å². The van der Waals surface area contributed by atoms with Crippen molar-refractivity contribution in [3.05, 3.63) is 67.5 Å². The number of aromatic nitrogens is 2. The minimum absolute atomic E-state index is 0. The lowest BCUT2D eigenvalue weighted by Gasteiger charge is -1.98. The monoisotopic (exact) mass is 596 g/mol. The molecule has 4 aromatic rings. The van der Waals surface area contributed by atoms with Crippen LogP contribution in [0, 0.1) is 13.7 Å². The van der Waals surface area contributed by atoms with Gasteiger partial charge in [-0.3, -0.25) is 10.1 Å². The summed E-state index contributed by atoms with van der Waals surface area (Å²) in [6.45, 7) is 4.15. The Balaban J connectivity index is 0.000000332. The van der Waals surface area contributed by atoms with E-state index in [0.717, 1.165) is 14.5 Å². The van der Waals surface area contributed by atoms with Crippen molar-refractivity contribution >= 4 is 67.7 Å². The van der Waals surface area contributed by atoms with Crippen molar-refractivity contribution in [2.75, 3.05) is 18.9 Å². The molecule has 0 radical (unpaired) electrons. The fourth-order valence-electron chi connectivity index (χ4n) is 3.07. The molecule has 0 spiro atoms. The fraction of sp³-hybridized carbons (Fsp3) is 0.250. The highest BCUT2D eigenvalue weighted by atomic mass is 127. The number of carbonyl (C=O) groups excluding carboxylic acids is 2. The zero-order valence-electron chi connectivity index (χ0n) is 17.8. The van der Waals surface area contributed by atoms with Gasteiger partial charge < -0.3 is 25.2 Å². The van der Waals surface area contributed by atoms with E-state index in [1.807, 2.05) is 12.1 Å². The Morgan fingerprint density at radius 3 is 2.23 bits per heavy atom. The highest BCUT2D eigenvalue weighted by Crippen LogP contribution is 2.26. The van der Waals surface area contributed by atoms with Crippen LogP contribution in [-0.4, -0.2) is 40.0 Å². The minimum Gasteiger partial charge on any atom is -0.461 e. The summed E-state index contributed by atoms with van der Waals surface area (Å²) in [7, 11) is 0. The van der Waals surface area contributed by atoms with Gasteiger partial charge in [0, 0.05) is 39.6 Å². The summed E-state index contributed by atoms with van der Waals surface area (Å²) >= 11 is 2.12. The van der Waals surface area contributed by atoms with Crippen LogP contribution in [0.5, 0.6) is 0 Å². The summed E-state index contributed by atoms with van der Waals surface area (Å²) in [5.41, 5.74) is 8.71. The topological polar surface area (TPSA) is 153 Å². The molecular formula is C24H29IN4O6. The smallest absolute Gasteiger partial charge is 0.355 e. The molecule has 0 aliphatic heterocycles. The third kappa shape index (κ3) is 6.72. The highest BCUT2D eigenvalue weighted by molar-refractivity contribution is 14.1. The molecule has 0 amide bonds. The number of rotatable bonds is 5. The van der Waals surface area contributed by atoms with Crippen molar-refractivity contribution in [1.82, 2.24) is 9.97 Å². The van der Waals surface area contributed by atoms with Crippen LogP contribution in [0.1, 0.15) is 49.7 Å². The number of H-pyrrole nitrogens is 2. The number of nitrogens with one attached hydrogen (secondary N) is 2. The van der Waals surface area contributed by atoms with Crippen LogP contribution >= 0.6 is 22.6 Å². The zero-order chi connectivity index (χ0) is 24.1. The van der Waals surface area contributed by atoms with Crippen LogP contribution in [0.15, 0.2) is 42.5 Å². The summed E-state index contributed by atoms with van der Waals surface area (Å²) < 4.78 is 10.6. The molecule has 0 fully saturated rings. The predicted molar refractivity (Wildman–Crippen MR) is 146 cm³/mol. The first-order valence-corrected chi connectivity index (χ1v) is 11.0. The second-order valence-electron chi connectivity index (χ2n) is 6.77. The number of anilines is 1. The summed E-state index contributed by atoms with van der Waals surface area (Å²) in [4.78, 5) is 39.1. The van der Waals surface area contributed by atoms with Crippen molar-refractivity contribution < 1.29 is 24.0 Å². The Bertz CT molecular complexity index is 1340. The highest BCUT2D eigenvalue weighted by Gasteiger charge is 2.17. The molecule has 0 saturated carbocycles. The van der Waals surface area contributed by atoms with Crippen LogP contribution in [-0.2, 0) is 9.47 Å². The Morgan fingerprint density at radius 2 is 1.60 bits per heavy atom. The van der Waals surface area contributed by atoms with Crippen LogP contribution < -0.4 is 5.73 Å². The van der Waals surface area contributed by atoms with Gasteiger partial charge in [-0.1, -0.05) is 14.9 Å². The molecule has 11 heteroatoms. The number of nitro groups is 1. The van der Waals surface area contributed by atoms with Crippen LogP contribution in [0.3, 0.4) is 0 Å². The van der Waals surface area contributed by atoms with E-state index in [9.17, 15) is 19.7 Å². The Labute approximate surface area is 216 Å². The van der Waals surface area contributed by atoms with Gasteiger partial charge in [0.1, 0.15) is 11.4 Å². The van der Waals surface area contributed by atoms with E-state index in [1.54, 1.807) is 32.0 Å². The number of hydrogen-bond donors (Lipinski definition) is 3. The molecule has 4 N–H and O–H groups in total. The number of benzene rings is 2. The fourth-order valence-corrected chi connectivity index (χ4v) is 3.87. The molecular weight excluding hydrogens is 567 g/mol. The van der Waals surface area contributed by atoms with Gasteiger partial charge >= 0.3 is 11.9 Å². The predicted octanol–water partition coefficient (Wildman–Crippen LogP) is 6.06. The van der Waals surface area contributed by atoms with Crippen molar-refractivity contribution in [3.8, 4) is 0 Å². The van der Waals surface area contributed by atoms with E-state index in [-0.39, 0.29) is 33.1 Å². The number of nitrogens with two attached hydrogens (primary N) is 1. The second kappa shape index (κ2) is 12.7. The first kappa shape index (κ1) is 29.4. The number of nitrogens with zero attached hydrogens (tertiary/aromatic N) is 1. The number of non-ortho nitro benzene ring substituents is 1. The molecule has 2 aromatic carbocycles. The second-order valence-corrected chi connectivity index (χ2v) is 7.85. The summed E-state index contributed by atoms with van der Waals surface area (Å²) in [5.74, 6) is -0.798. The van der Waals surface area contributed by atoms with E-state index in [4.69, 9.17) is 15.2 Å². The van der Waals surface area contributed by atoms with Gasteiger partial charge in [-0.15, -0.1) is 0 Å². The van der Waals surface area contributed by atoms with Gasteiger partial charge in [0.15, 0.2) is 0 Å². The SMILES string of the molecule is C.C.CCOC(=O)c1[nH]c2ccc(N)cc2c1I.CCOC(=O)c1cc2cc([N+](=O)[O-])ccc2[nH]1. The van der Waals surface area contributed by atoms with Gasteiger partial charge in [-0.2, -0.15) is 0 Å². The first-order valence-electron chi connectivity index (χ1n) is 9.93. The maximum atomic E-state index is 11.6. The molecule has 0 atom stereocenters. The largest absolute Gasteiger partial charge is 0.461 e. The Hall–Kier alpha value is -3.61. The van der Waals surface area contributed by atoms with Gasteiger partial charge in [-0.05, 0) is 66.8 Å². The summed E-state index contributed by atoms with van der Waals surface area (Å²) in [6.07, 6.45) is 0. The van der Waals surface area contributed by atoms with Crippen LogP contribution in [0.2, 0.25) is 0 Å². The van der Waals surface area contributed by atoms with Gasteiger partial charge in [0.05, 0.1) is 21.7 Å². The lowest BCUT2D eigenvalue weighted by molar-refractivity contribution is -0.384. The molecule has 0 saturated heterocycles. The summed E-state index contributed by atoms with van der Waals surface area (Å²) in [5, 5.41) is 12.2. The lowest BCUT2D eigenvalue weighted by Crippen LogP contribution is -2.06. The zero-order valence-corrected chi connectivity index (χ0v) is 20.0. The van der Waals surface area contributed by atoms with E-state index >= 15 is 0 Å². The molecule has 0 aliphatic rings. The third-order valence-corrected chi connectivity index (χ3v) is 5.67. The maximum Gasteiger partial charge on any atom is 0.355 e. The van der Waals surface area contributed by atoms with Crippen molar-refractivity contribution in [2.45, 2.75) is 28.7 Å². The minimum atomic E-state index is -0.476. The first-order chi connectivity index (χ1) is 15.7. The number of hydrogen-bond acceptors (Lipinski definition) is 7. The van der Waals surface area contributed by atoms with E-state index < -0.39 is 10.9 Å². The molecule has 2 aromatic heterocycles. The van der Waals surface area contributed by atoms with Crippen molar-refractivity contribution in [3.63, 3.8) is 0 Å². The summed E-state index contributed by atoms with van der Waals surface area (Å²) in [6, 6.07) is 11.4. The Kier molecular flexibility index (Phi) is 10.7. The molecule has 35 heavy (non-hydrogen) atoms. The number of halogens is 1. The number of esters is 2. The quantitative estimate of drug-likeness (QED) is 0.0833. The Morgan fingerprint density at radius 1 is 0.971 bits per heavy atom. The normalized spacial score (nSPS) is 9.91. The standard InChI is InChI=1S/C11H11IN2O2.C11H10N2O4.2CH4/c1-2-16-11(15)10-9(12)7-5-6(13)3-4-8(7)14-10;1-2-17-11(14)10-6-7-5-8(13(15)16)3-4-9(7)12-10;;/h3-5,14H,2,13H2,1H3;3-6,12H,2H2,1H3;2*1H4. The molecule has 0 bridgehead atoms. The molecule has 188 valence electrons. The maximum absolute atomic E-state index is 11.6. The molecule has 0 aliphatic carbocycles. The molecule has 10 nitrogen and oxygen atoms in total. The van der Waals surface area contributed by atoms with E-state index in [2.05, 4.69) is 32.6 Å². The lowest BCUT2D eigenvalue weighted by atomic mass is 10.2. The number of ether oxygens (including phenoxy) is 2. The third-order valence-electron chi connectivity index (χ3n) is 4.55. The number of aromatic amines is 2. The molecule has 0 unspecified atom stereocenters. The average molecular weight is 596 g/mol. The van der Waals surface area contributed by atoms with Crippen molar-refractivity contribution in [1.29, 1.82) is 0 Å². The van der Waals surface area contributed by atoms with Gasteiger partial charge in [0.25, 0.3) is 5.69 Å². The number of fused-ring (bicyclic) bond motifs is 2. The average Bonchev–Trinajstić information content (AvgIpc) is 3.35. The van der Waals surface area contributed by atoms with Crippen LogP contribution in [0.4, 0.5) is 11.4 Å². The number of nitro benzene ring substituents is 1. The van der Waals surface area contributed by atoms with Gasteiger partial charge in [0.2, 0.25) is 0 Å². The number of carbonyl (C=O) groups is 2. The van der Waals surface area contributed by atoms with Crippen molar-refractivity contribution in [2.24, 2.45) is 0 Å². The number of nitrogen functional groups attached to an aromatic ring is 1.